The molecule has 0 saturated carbocycles. The molecule has 86 valence electrons. The van der Waals surface area contributed by atoms with Crippen molar-refractivity contribution in [3.8, 4) is 0 Å². The topological polar surface area (TPSA) is 57.2 Å². The Bertz CT molecular complexity index is 529. The van der Waals surface area contributed by atoms with Gasteiger partial charge in [-0.3, -0.25) is 4.79 Å². The molecule has 0 bridgehead atoms. The van der Waals surface area contributed by atoms with Crippen molar-refractivity contribution < 1.29 is 4.79 Å². The first-order chi connectivity index (χ1) is 8.27. The van der Waals surface area contributed by atoms with E-state index in [1.54, 1.807) is 18.5 Å². The number of nitrogens with zero attached hydrogens (tertiary/aromatic N) is 1. The lowest BCUT2D eigenvalue weighted by Crippen LogP contribution is -2.18. The van der Waals surface area contributed by atoms with E-state index in [0.29, 0.717) is 5.56 Å². The zero-order valence-corrected chi connectivity index (χ0v) is 9.47. The number of rotatable bonds is 3. The molecule has 2 rings (SSSR count). The van der Waals surface area contributed by atoms with Gasteiger partial charge in [-0.05, 0) is 30.7 Å². The lowest BCUT2D eigenvalue weighted by atomic mass is 10.1. The smallest absolute Gasteiger partial charge is 0.271 e. The van der Waals surface area contributed by atoms with Crippen molar-refractivity contribution in [1.29, 1.82) is 0 Å². The Morgan fingerprint density at radius 2 is 2.12 bits per heavy atom. The van der Waals surface area contributed by atoms with Gasteiger partial charge in [-0.1, -0.05) is 18.2 Å². The van der Waals surface area contributed by atoms with Crippen molar-refractivity contribution in [2.24, 2.45) is 5.10 Å². The molecule has 0 unspecified atom stereocenters. The van der Waals surface area contributed by atoms with Gasteiger partial charge in [0.15, 0.2) is 0 Å². The number of hydrogen-bond donors (Lipinski definition) is 2. The van der Waals surface area contributed by atoms with Crippen molar-refractivity contribution in [3.63, 3.8) is 0 Å². The molecule has 1 amide bonds. The third-order valence-corrected chi connectivity index (χ3v) is 2.38. The highest BCUT2D eigenvalue weighted by atomic mass is 16.2. The fourth-order valence-electron chi connectivity index (χ4n) is 1.47. The second-order valence-electron chi connectivity index (χ2n) is 3.64. The molecule has 2 N–H and O–H groups in total. The summed E-state index contributed by atoms with van der Waals surface area (Å²) in [6.07, 6.45) is 3.36. The van der Waals surface area contributed by atoms with Crippen LogP contribution in [0.15, 0.2) is 47.7 Å². The summed E-state index contributed by atoms with van der Waals surface area (Å²) in [5.41, 5.74) is 4.90. The Labute approximate surface area is 99.4 Å². The highest BCUT2D eigenvalue weighted by molar-refractivity contribution is 5.96. The lowest BCUT2D eigenvalue weighted by molar-refractivity contribution is 0.0954. The zero-order valence-electron chi connectivity index (χ0n) is 9.47. The molecule has 0 saturated heterocycles. The number of benzene rings is 1. The summed E-state index contributed by atoms with van der Waals surface area (Å²) in [5.74, 6) is -0.203. The van der Waals surface area contributed by atoms with E-state index in [0.717, 1.165) is 11.3 Å². The first-order valence-electron chi connectivity index (χ1n) is 5.30. The van der Waals surface area contributed by atoms with Crippen LogP contribution in [0.2, 0.25) is 0 Å². The molecule has 17 heavy (non-hydrogen) atoms. The third kappa shape index (κ3) is 2.81. The second-order valence-corrected chi connectivity index (χ2v) is 3.64. The van der Waals surface area contributed by atoms with Crippen LogP contribution < -0.4 is 5.43 Å². The van der Waals surface area contributed by atoms with Crippen LogP contribution in [0, 0.1) is 6.92 Å². The van der Waals surface area contributed by atoms with E-state index < -0.39 is 0 Å². The first-order valence-corrected chi connectivity index (χ1v) is 5.30. The molecule has 1 heterocycles. The van der Waals surface area contributed by atoms with Crippen molar-refractivity contribution in [2.45, 2.75) is 6.92 Å². The van der Waals surface area contributed by atoms with E-state index in [2.05, 4.69) is 15.5 Å². The maximum Gasteiger partial charge on any atom is 0.271 e. The number of aryl methyl sites for hydroxylation is 1. The minimum absolute atomic E-state index is 0.203. The number of nitrogens with one attached hydrogen (secondary N) is 2. The average molecular weight is 227 g/mol. The predicted octanol–water partition coefficient (Wildman–Crippen LogP) is 2.09. The van der Waals surface area contributed by atoms with Crippen LogP contribution in [0.25, 0.3) is 0 Å². The summed E-state index contributed by atoms with van der Waals surface area (Å²) in [6.45, 7) is 1.89. The van der Waals surface area contributed by atoms with Gasteiger partial charge in [0.1, 0.15) is 0 Å². The molecule has 1 aromatic carbocycles. The SMILES string of the molecule is Cc1ccccc1C(=O)N/N=C\c1ccc[nH]1. The molecule has 1 aromatic heterocycles. The van der Waals surface area contributed by atoms with Crippen molar-refractivity contribution in [2.75, 3.05) is 0 Å². The van der Waals surface area contributed by atoms with Gasteiger partial charge in [-0.2, -0.15) is 5.10 Å². The molecular weight excluding hydrogens is 214 g/mol. The Hall–Kier alpha value is -2.36. The van der Waals surface area contributed by atoms with Gasteiger partial charge in [-0.15, -0.1) is 0 Å². The summed E-state index contributed by atoms with van der Waals surface area (Å²) >= 11 is 0. The molecule has 0 fully saturated rings. The first kappa shape index (κ1) is 11.1. The van der Waals surface area contributed by atoms with Gasteiger partial charge in [0.25, 0.3) is 5.91 Å². The van der Waals surface area contributed by atoms with E-state index in [1.807, 2.05) is 37.3 Å². The zero-order chi connectivity index (χ0) is 12.1. The fraction of sp³-hybridized carbons (Fsp3) is 0.0769. The summed E-state index contributed by atoms with van der Waals surface area (Å²) in [7, 11) is 0. The second kappa shape index (κ2) is 5.12. The van der Waals surface area contributed by atoms with Crippen LogP contribution in [0.5, 0.6) is 0 Å². The monoisotopic (exact) mass is 227 g/mol. The normalized spacial score (nSPS) is 10.6. The minimum Gasteiger partial charge on any atom is -0.360 e. The summed E-state index contributed by atoms with van der Waals surface area (Å²) in [5, 5.41) is 3.88. The number of carbonyl (C=O) groups excluding carboxylic acids is 1. The Morgan fingerprint density at radius 3 is 2.82 bits per heavy atom. The number of aromatic nitrogens is 1. The maximum atomic E-state index is 11.8. The number of aromatic amines is 1. The van der Waals surface area contributed by atoms with Crippen LogP contribution >= 0.6 is 0 Å². The molecule has 2 aromatic rings. The van der Waals surface area contributed by atoms with Crippen LogP contribution in [-0.4, -0.2) is 17.1 Å². The number of hydrogen-bond acceptors (Lipinski definition) is 2. The third-order valence-electron chi connectivity index (χ3n) is 2.38. The molecule has 0 aliphatic carbocycles. The van der Waals surface area contributed by atoms with Crippen LogP contribution in [-0.2, 0) is 0 Å². The summed E-state index contributed by atoms with van der Waals surface area (Å²) in [4.78, 5) is 14.7. The molecule has 4 heteroatoms. The summed E-state index contributed by atoms with van der Waals surface area (Å²) in [6, 6.07) is 11.1. The van der Waals surface area contributed by atoms with Gasteiger partial charge < -0.3 is 4.98 Å². The molecule has 0 aliphatic rings. The number of hydrazone groups is 1. The highest BCUT2D eigenvalue weighted by Crippen LogP contribution is 2.06. The Balaban J connectivity index is 2.01. The molecule has 0 radical (unpaired) electrons. The number of H-pyrrole nitrogens is 1. The van der Waals surface area contributed by atoms with E-state index in [-0.39, 0.29) is 5.91 Å². The molecule has 0 atom stereocenters. The van der Waals surface area contributed by atoms with Crippen LogP contribution in [0.1, 0.15) is 21.6 Å². The van der Waals surface area contributed by atoms with Crippen LogP contribution in [0.4, 0.5) is 0 Å². The van der Waals surface area contributed by atoms with Gasteiger partial charge in [0.2, 0.25) is 0 Å². The van der Waals surface area contributed by atoms with E-state index in [9.17, 15) is 4.79 Å². The van der Waals surface area contributed by atoms with Crippen molar-refractivity contribution in [1.82, 2.24) is 10.4 Å². The lowest BCUT2D eigenvalue weighted by Gasteiger charge is -2.02. The fourth-order valence-corrected chi connectivity index (χ4v) is 1.47. The van der Waals surface area contributed by atoms with Gasteiger partial charge >= 0.3 is 0 Å². The predicted molar refractivity (Wildman–Crippen MR) is 67.0 cm³/mol. The van der Waals surface area contributed by atoms with Gasteiger partial charge in [0, 0.05) is 11.8 Å². The van der Waals surface area contributed by atoms with Gasteiger partial charge in [0.05, 0.1) is 11.9 Å². The van der Waals surface area contributed by atoms with E-state index in [4.69, 9.17) is 0 Å². The summed E-state index contributed by atoms with van der Waals surface area (Å²) < 4.78 is 0. The Morgan fingerprint density at radius 1 is 1.29 bits per heavy atom. The largest absolute Gasteiger partial charge is 0.360 e. The van der Waals surface area contributed by atoms with Crippen molar-refractivity contribution >= 4 is 12.1 Å². The quantitative estimate of drug-likeness (QED) is 0.612. The van der Waals surface area contributed by atoms with E-state index >= 15 is 0 Å². The number of amides is 1. The number of carbonyl (C=O) groups is 1. The maximum absolute atomic E-state index is 11.8. The standard InChI is InChI=1S/C13H13N3O/c1-10-5-2-3-7-12(10)13(17)16-15-9-11-6-4-8-14-11/h2-9,14H,1H3,(H,16,17)/b15-9-. The van der Waals surface area contributed by atoms with Crippen molar-refractivity contribution in [3.05, 3.63) is 59.4 Å². The van der Waals surface area contributed by atoms with Crippen LogP contribution in [0.3, 0.4) is 0 Å². The van der Waals surface area contributed by atoms with E-state index in [1.165, 1.54) is 0 Å². The minimum atomic E-state index is -0.203. The highest BCUT2D eigenvalue weighted by Gasteiger charge is 2.05. The molecule has 0 spiro atoms. The Kier molecular flexibility index (Phi) is 3.35. The average Bonchev–Trinajstić information content (AvgIpc) is 2.82. The molecular formula is C13H13N3O. The van der Waals surface area contributed by atoms with Gasteiger partial charge in [-0.25, -0.2) is 5.43 Å². The molecule has 4 nitrogen and oxygen atoms in total. The molecule has 0 aliphatic heterocycles.